The molecule has 0 unspecified atom stereocenters. The molecule has 0 radical (unpaired) electrons. The number of ether oxygens (including phenoxy) is 1. The van der Waals surface area contributed by atoms with Crippen LogP contribution in [0.3, 0.4) is 0 Å². The molecule has 0 spiro atoms. The van der Waals surface area contributed by atoms with Gasteiger partial charge in [0.25, 0.3) is 5.91 Å². The molecule has 0 saturated carbocycles. The monoisotopic (exact) mass is 400 g/mol. The summed E-state index contributed by atoms with van der Waals surface area (Å²) in [7, 11) is 0. The summed E-state index contributed by atoms with van der Waals surface area (Å²) in [5.74, 6) is -0.0937. The van der Waals surface area contributed by atoms with Crippen molar-refractivity contribution in [2.24, 2.45) is 0 Å². The van der Waals surface area contributed by atoms with Crippen molar-refractivity contribution in [3.63, 3.8) is 0 Å². The fourth-order valence-electron chi connectivity index (χ4n) is 2.49. The Morgan fingerprint density at radius 1 is 1.25 bits per heavy atom. The largest absolute Gasteiger partial charge is 0.438 e. The molecular formula is C21H18ClFN2O3. The average molecular weight is 401 g/mol. The van der Waals surface area contributed by atoms with Gasteiger partial charge in [0.05, 0.1) is 12.2 Å². The number of carbonyl (C=O) groups is 1. The molecule has 5 nitrogen and oxygen atoms in total. The van der Waals surface area contributed by atoms with E-state index in [2.05, 4.69) is 10.3 Å². The summed E-state index contributed by atoms with van der Waals surface area (Å²) in [4.78, 5) is 16.6. The van der Waals surface area contributed by atoms with Crippen molar-refractivity contribution in [1.82, 2.24) is 10.3 Å². The van der Waals surface area contributed by atoms with E-state index in [0.29, 0.717) is 21.9 Å². The molecule has 0 aliphatic rings. The lowest BCUT2D eigenvalue weighted by Crippen LogP contribution is -2.35. The highest BCUT2D eigenvalue weighted by Crippen LogP contribution is 2.33. The van der Waals surface area contributed by atoms with Crippen LogP contribution in [0.5, 0.6) is 11.6 Å². The van der Waals surface area contributed by atoms with Gasteiger partial charge in [0, 0.05) is 22.8 Å². The standard InChI is InChI=1S/C21H18ClFN2O3/c1-13(12-26)25-20(27)15-10-19(14-3-2-4-17(23)9-14)21(24-11-15)28-18-7-5-16(22)6-8-18/h2-11,13,26H,12H2,1H3,(H,25,27)/t13-/m1/s1. The van der Waals surface area contributed by atoms with Crippen LogP contribution in [0.15, 0.2) is 60.8 Å². The molecule has 1 heterocycles. The molecule has 28 heavy (non-hydrogen) atoms. The number of nitrogens with zero attached hydrogens (tertiary/aromatic N) is 1. The van der Waals surface area contributed by atoms with E-state index in [1.807, 2.05) is 0 Å². The second kappa shape index (κ2) is 8.82. The summed E-state index contributed by atoms with van der Waals surface area (Å²) in [6.07, 6.45) is 1.37. The van der Waals surface area contributed by atoms with Gasteiger partial charge < -0.3 is 15.2 Å². The molecule has 2 aromatic carbocycles. The summed E-state index contributed by atoms with van der Waals surface area (Å²) < 4.78 is 19.6. The lowest BCUT2D eigenvalue weighted by atomic mass is 10.0. The van der Waals surface area contributed by atoms with Crippen molar-refractivity contribution in [1.29, 1.82) is 0 Å². The number of halogens is 2. The first-order valence-electron chi connectivity index (χ1n) is 8.57. The predicted molar refractivity (Wildman–Crippen MR) is 105 cm³/mol. The van der Waals surface area contributed by atoms with Gasteiger partial charge in [0.1, 0.15) is 11.6 Å². The molecule has 1 atom stereocenters. The van der Waals surface area contributed by atoms with Gasteiger partial charge in [0.2, 0.25) is 5.88 Å². The van der Waals surface area contributed by atoms with Crippen LogP contribution in [0.1, 0.15) is 17.3 Å². The minimum absolute atomic E-state index is 0.187. The van der Waals surface area contributed by atoms with Gasteiger partial charge in [-0.25, -0.2) is 9.37 Å². The first-order chi connectivity index (χ1) is 13.5. The summed E-state index contributed by atoms with van der Waals surface area (Å²) in [5, 5.41) is 12.3. The predicted octanol–water partition coefficient (Wildman–Crippen LogP) is 4.44. The van der Waals surface area contributed by atoms with Crippen molar-refractivity contribution < 1.29 is 19.0 Å². The Labute approximate surface area is 166 Å². The van der Waals surface area contributed by atoms with Gasteiger partial charge >= 0.3 is 0 Å². The van der Waals surface area contributed by atoms with Crippen LogP contribution >= 0.6 is 11.6 Å². The SMILES string of the molecule is C[C@H](CO)NC(=O)c1cnc(Oc2ccc(Cl)cc2)c(-c2cccc(F)c2)c1. The third-order valence-corrected chi connectivity index (χ3v) is 4.18. The minimum Gasteiger partial charge on any atom is -0.438 e. The van der Waals surface area contributed by atoms with E-state index >= 15 is 0 Å². The Morgan fingerprint density at radius 2 is 2.00 bits per heavy atom. The molecule has 0 bridgehead atoms. The van der Waals surface area contributed by atoms with Gasteiger partial charge in [-0.2, -0.15) is 0 Å². The Balaban J connectivity index is 2.01. The van der Waals surface area contributed by atoms with Crippen molar-refractivity contribution in [2.75, 3.05) is 6.61 Å². The zero-order valence-electron chi connectivity index (χ0n) is 15.0. The van der Waals surface area contributed by atoms with Crippen LogP contribution in [0.2, 0.25) is 5.02 Å². The number of pyridine rings is 1. The van der Waals surface area contributed by atoms with E-state index in [1.54, 1.807) is 49.4 Å². The van der Waals surface area contributed by atoms with Crippen LogP contribution in [-0.2, 0) is 0 Å². The van der Waals surface area contributed by atoms with E-state index in [-0.39, 0.29) is 18.1 Å². The number of amides is 1. The van der Waals surface area contributed by atoms with Gasteiger partial charge in [0.15, 0.2) is 0 Å². The van der Waals surface area contributed by atoms with E-state index in [4.69, 9.17) is 21.4 Å². The number of aromatic nitrogens is 1. The van der Waals surface area contributed by atoms with Gasteiger partial charge in [-0.1, -0.05) is 23.7 Å². The molecule has 1 aromatic heterocycles. The van der Waals surface area contributed by atoms with Crippen LogP contribution in [0, 0.1) is 5.82 Å². The number of carbonyl (C=O) groups excluding carboxylic acids is 1. The Bertz CT molecular complexity index is 980. The molecule has 0 aliphatic carbocycles. The molecule has 0 aliphatic heterocycles. The lowest BCUT2D eigenvalue weighted by molar-refractivity contribution is 0.0922. The van der Waals surface area contributed by atoms with Crippen molar-refractivity contribution in [2.45, 2.75) is 13.0 Å². The fourth-order valence-corrected chi connectivity index (χ4v) is 2.61. The van der Waals surface area contributed by atoms with E-state index in [9.17, 15) is 9.18 Å². The molecule has 1 amide bonds. The summed E-state index contributed by atoms with van der Waals surface area (Å²) in [6.45, 7) is 1.49. The molecule has 144 valence electrons. The molecule has 2 N–H and O–H groups in total. The molecular weight excluding hydrogens is 383 g/mol. The second-order valence-corrected chi connectivity index (χ2v) is 6.64. The summed E-state index contributed by atoms with van der Waals surface area (Å²) >= 11 is 5.89. The fraction of sp³-hybridized carbons (Fsp3) is 0.143. The van der Waals surface area contributed by atoms with E-state index in [0.717, 1.165) is 0 Å². The maximum atomic E-state index is 13.7. The summed E-state index contributed by atoms with van der Waals surface area (Å²) in [6, 6.07) is 13.8. The molecule has 7 heteroatoms. The topological polar surface area (TPSA) is 71.5 Å². The Hall–Kier alpha value is -2.96. The highest BCUT2D eigenvalue weighted by atomic mass is 35.5. The Morgan fingerprint density at radius 3 is 2.68 bits per heavy atom. The van der Waals surface area contributed by atoms with Crippen LogP contribution in [0.4, 0.5) is 4.39 Å². The maximum absolute atomic E-state index is 13.7. The van der Waals surface area contributed by atoms with Crippen LogP contribution in [-0.4, -0.2) is 28.6 Å². The van der Waals surface area contributed by atoms with Gasteiger partial charge in [-0.05, 0) is 55.0 Å². The molecule has 0 saturated heterocycles. The number of aliphatic hydroxyl groups is 1. The third kappa shape index (κ3) is 4.85. The van der Waals surface area contributed by atoms with E-state index in [1.165, 1.54) is 18.3 Å². The third-order valence-electron chi connectivity index (χ3n) is 3.93. The molecule has 3 aromatic rings. The zero-order chi connectivity index (χ0) is 20.1. The number of benzene rings is 2. The summed E-state index contributed by atoms with van der Waals surface area (Å²) in [5.41, 5.74) is 1.24. The van der Waals surface area contributed by atoms with Crippen LogP contribution in [0.25, 0.3) is 11.1 Å². The number of nitrogens with one attached hydrogen (secondary N) is 1. The molecule has 3 rings (SSSR count). The zero-order valence-corrected chi connectivity index (χ0v) is 15.8. The van der Waals surface area contributed by atoms with Gasteiger partial charge in [-0.15, -0.1) is 0 Å². The lowest BCUT2D eigenvalue weighted by Gasteiger charge is -2.14. The van der Waals surface area contributed by atoms with Crippen LogP contribution < -0.4 is 10.1 Å². The van der Waals surface area contributed by atoms with Crippen molar-refractivity contribution >= 4 is 17.5 Å². The Kier molecular flexibility index (Phi) is 6.23. The number of hydrogen-bond donors (Lipinski definition) is 2. The normalized spacial score (nSPS) is 11.7. The smallest absolute Gasteiger partial charge is 0.253 e. The minimum atomic E-state index is -0.418. The van der Waals surface area contributed by atoms with E-state index < -0.39 is 17.8 Å². The van der Waals surface area contributed by atoms with Gasteiger partial charge in [-0.3, -0.25) is 4.79 Å². The average Bonchev–Trinajstić information content (AvgIpc) is 2.69. The highest BCUT2D eigenvalue weighted by molar-refractivity contribution is 6.30. The van der Waals surface area contributed by atoms with Crippen molar-refractivity contribution in [3.8, 4) is 22.8 Å². The number of hydrogen-bond acceptors (Lipinski definition) is 4. The van der Waals surface area contributed by atoms with Crippen molar-refractivity contribution in [3.05, 3.63) is 77.2 Å². The number of rotatable bonds is 6. The second-order valence-electron chi connectivity index (χ2n) is 6.20. The first kappa shape index (κ1) is 19.8. The number of aliphatic hydroxyl groups excluding tert-OH is 1. The quantitative estimate of drug-likeness (QED) is 0.641. The molecule has 0 fully saturated rings. The highest BCUT2D eigenvalue weighted by Gasteiger charge is 2.16. The first-order valence-corrected chi connectivity index (χ1v) is 8.95. The maximum Gasteiger partial charge on any atom is 0.253 e.